The third kappa shape index (κ3) is 6.15. The Bertz CT molecular complexity index is 1020. The lowest BCUT2D eigenvalue weighted by Gasteiger charge is -2.26. The van der Waals surface area contributed by atoms with Gasteiger partial charge in [-0.05, 0) is 49.4 Å². The summed E-state index contributed by atoms with van der Waals surface area (Å²) in [6.07, 6.45) is 3.36. The van der Waals surface area contributed by atoms with Gasteiger partial charge in [-0.15, -0.1) is 0 Å². The maximum atomic E-state index is 12.9. The lowest BCUT2D eigenvalue weighted by atomic mass is 10.1. The van der Waals surface area contributed by atoms with Crippen LogP contribution in [0, 0.1) is 6.92 Å². The molecule has 2 aromatic carbocycles. The van der Waals surface area contributed by atoms with E-state index in [1.54, 1.807) is 13.0 Å². The molecule has 1 aliphatic heterocycles. The molecule has 1 amide bonds. The Kier molecular flexibility index (Phi) is 7.81. The Morgan fingerprint density at radius 3 is 2.45 bits per heavy atom. The maximum absolute atomic E-state index is 12.9. The van der Waals surface area contributed by atoms with E-state index in [2.05, 4.69) is 5.32 Å². The number of sulfonamides is 1. The fourth-order valence-electron chi connectivity index (χ4n) is 3.49. The van der Waals surface area contributed by atoms with Gasteiger partial charge in [0.15, 0.2) is 6.61 Å². The molecule has 0 unspecified atom stereocenters. The van der Waals surface area contributed by atoms with Crippen molar-refractivity contribution < 1.29 is 22.7 Å². The lowest BCUT2D eigenvalue weighted by Crippen LogP contribution is -2.35. The van der Waals surface area contributed by atoms with Gasteiger partial charge in [0.05, 0.1) is 10.5 Å². The van der Waals surface area contributed by atoms with Gasteiger partial charge in [-0.2, -0.15) is 4.31 Å². The molecule has 1 aliphatic rings. The minimum absolute atomic E-state index is 0.0688. The molecule has 1 heterocycles. The summed E-state index contributed by atoms with van der Waals surface area (Å²) >= 11 is 0. The zero-order valence-electron chi connectivity index (χ0n) is 17.7. The van der Waals surface area contributed by atoms with Gasteiger partial charge in [0.25, 0.3) is 5.91 Å². The Labute approximate surface area is 183 Å². The second-order valence-electron chi connectivity index (χ2n) is 7.60. The van der Waals surface area contributed by atoms with Crippen LogP contribution in [0.3, 0.4) is 0 Å². The fraction of sp³-hybridized carbons (Fsp3) is 0.391. The average molecular weight is 445 g/mol. The van der Waals surface area contributed by atoms with E-state index in [9.17, 15) is 18.0 Å². The van der Waals surface area contributed by atoms with Gasteiger partial charge in [0, 0.05) is 19.6 Å². The Morgan fingerprint density at radius 1 is 1.03 bits per heavy atom. The second-order valence-corrected chi connectivity index (χ2v) is 9.54. The maximum Gasteiger partial charge on any atom is 0.338 e. The van der Waals surface area contributed by atoms with Gasteiger partial charge < -0.3 is 10.1 Å². The summed E-state index contributed by atoms with van der Waals surface area (Å²) in [6.45, 7) is 2.69. The van der Waals surface area contributed by atoms with Crippen LogP contribution in [-0.2, 0) is 26.0 Å². The molecule has 3 rings (SSSR count). The number of rotatable bonds is 8. The summed E-state index contributed by atoms with van der Waals surface area (Å²) in [6, 6.07) is 14.2. The van der Waals surface area contributed by atoms with Gasteiger partial charge in [-0.1, -0.05) is 42.8 Å². The van der Waals surface area contributed by atoms with Crippen LogP contribution in [-0.4, -0.2) is 50.8 Å². The van der Waals surface area contributed by atoms with E-state index in [1.165, 1.54) is 16.4 Å². The number of benzene rings is 2. The molecule has 0 radical (unpaired) electrons. The van der Waals surface area contributed by atoms with Crippen LogP contribution in [0.1, 0.15) is 40.7 Å². The van der Waals surface area contributed by atoms with Crippen LogP contribution in [0.2, 0.25) is 0 Å². The summed E-state index contributed by atoms with van der Waals surface area (Å²) in [4.78, 5) is 24.6. The number of nitrogens with one attached hydrogen (secondary N) is 1. The summed E-state index contributed by atoms with van der Waals surface area (Å²) < 4.78 is 32.4. The monoisotopic (exact) mass is 444 g/mol. The van der Waals surface area contributed by atoms with Gasteiger partial charge >= 0.3 is 5.97 Å². The molecule has 1 N–H and O–H groups in total. The van der Waals surface area contributed by atoms with E-state index in [0.717, 1.165) is 24.8 Å². The molecule has 0 saturated carbocycles. The van der Waals surface area contributed by atoms with Crippen LogP contribution in [0.25, 0.3) is 0 Å². The first-order chi connectivity index (χ1) is 14.9. The normalized spacial score (nSPS) is 14.7. The molecule has 1 fully saturated rings. The minimum Gasteiger partial charge on any atom is -0.452 e. The molecule has 0 atom stereocenters. The van der Waals surface area contributed by atoms with Crippen molar-refractivity contribution in [3.8, 4) is 0 Å². The fourth-order valence-corrected chi connectivity index (χ4v) is 5.03. The van der Waals surface area contributed by atoms with Crippen molar-refractivity contribution >= 4 is 21.9 Å². The Balaban J connectivity index is 1.57. The number of carbonyl (C=O) groups excluding carboxylic acids is 2. The molecular formula is C23H28N2O5S. The van der Waals surface area contributed by atoms with Crippen molar-refractivity contribution in [3.05, 3.63) is 65.2 Å². The van der Waals surface area contributed by atoms with Crippen molar-refractivity contribution in [2.45, 2.75) is 37.5 Å². The number of hydrogen-bond donors (Lipinski definition) is 1. The number of carbonyl (C=O) groups is 2. The van der Waals surface area contributed by atoms with Crippen LogP contribution in [0.15, 0.2) is 53.4 Å². The van der Waals surface area contributed by atoms with Gasteiger partial charge in [-0.25, -0.2) is 13.2 Å². The quantitative estimate of drug-likeness (QED) is 0.632. The number of aryl methyl sites for hydroxylation is 1. The van der Waals surface area contributed by atoms with Crippen molar-refractivity contribution in [1.29, 1.82) is 0 Å². The SMILES string of the molecule is Cc1ccc(S(=O)(=O)N2CCCCC2)cc1C(=O)OCC(=O)NCCc1ccccc1. The molecule has 2 aromatic rings. The van der Waals surface area contributed by atoms with E-state index >= 15 is 0 Å². The molecule has 31 heavy (non-hydrogen) atoms. The third-order valence-corrected chi connectivity index (χ3v) is 7.19. The highest BCUT2D eigenvalue weighted by Crippen LogP contribution is 2.23. The van der Waals surface area contributed by atoms with Gasteiger partial charge in [0.1, 0.15) is 0 Å². The smallest absolute Gasteiger partial charge is 0.338 e. The number of esters is 1. The summed E-state index contributed by atoms with van der Waals surface area (Å²) in [5.41, 5.74) is 1.84. The molecule has 1 saturated heterocycles. The number of amides is 1. The highest BCUT2D eigenvalue weighted by Gasteiger charge is 2.27. The van der Waals surface area contributed by atoms with Crippen LogP contribution in [0.5, 0.6) is 0 Å². The van der Waals surface area contributed by atoms with E-state index in [0.29, 0.717) is 31.6 Å². The number of ether oxygens (including phenoxy) is 1. The molecule has 0 bridgehead atoms. The number of hydrogen-bond acceptors (Lipinski definition) is 5. The predicted molar refractivity (Wildman–Crippen MR) is 117 cm³/mol. The van der Waals surface area contributed by atoms with E-state index < -0.39 is 28.5 Å². The van der Waals surface area contributed by atoms with Crippen molar-refractivity contribution in [2.75, 3.05) is 26.2 Å². The first-order valence-electron chi connectivity index (χ1n) is 10.5. The van der Waals surface area contributed by atoms with E-state index in [-0.39, 0.29) is 10.5 Å². The van der Waals surface area contributed by atoms with Crippen molar-refractivity contribution in [2.24, 2.45) is 0 Å². The Hall–Kier alpha value is -2.71. The highest BCUT2D eigenvalue weighted by molar-refractivity contribution is 7.89. The molecule has 8 heteroatoms. The first-order valence-corrected chi connectivity index (χ1v) is 11.9. The third-order valence-electron chi connectivity index (χ3n) is 5.29. The molecular weight excluding hydrogens is 416 g/mol. The number of nitrogens with zero attached hydrogens (tertiary/aromatic N) is 1. The summed E-state index contributed by atoms with van der Waals surface area (Å²) in [7, 11) is -3.66. The topological polar surface area (TPSA) is 92.8 Å². The molecule has 0 aromatic heterocycles. The van der Waals surface area contributed by atoms with Crippen LogP contribution < -0.4 is 5.32 Å². The molecule has 7 nitrogen and oxygen atoms in total. The molecule has 0 spiro atoms. The van der Waals surface area contributed by atoms with Crippen molar-refractivity contribution in [3.63, 3.8) is 0 Å². The summed E-state index contributed by atoms with van der Waals surface area (Å²) in [5.74, 6) is -1.12. The van der Waals surface area contributed by atoms with Gasteiger partial charge in [-0.3, -0.25) is 4.79 Å². The van der Waals surface area contributed by atoms with Gasteiger partial charge in [0.2, 0.25) is 10.0 Å². The molecule has 0 aliphatic carbocycles. The van der Waals surface area contributed by atoms with E-state index in [1.807, 2.05) is 30.3 Å². The first kappa shape index (κ1) is 23.0. The Morgan fingerprint density at radius 2 is 1.74 bits per heavy atom. The molecule has 166 valence electrons. The van der Waals surface area contributed by atoms with Crippen molar-refractivity contribution in [1.82, 2.24) is 9.62 Å². The minimum atomic E-state index is -3.66. The average Bonchev–Trinajstić information content (AvgIpc) is 2.79. The number of piperidine rings is 1. The predicted octanol–water partition coefficient (Wildman–Crippen LogP) is 2.69. The van der Waals surface area contributed by atoms with E-state index in [4.69, 9.17) is 4.74 Å². The largest absolute Gasteiger partial charge is 0.452 e. The van der Waals surface area contributed by atoms with Crippen LogP contribution in [0.4, 0.5) is 0 Å². The van der Waals surface area contributed by atoms with Crippen LogP contribution >= 0.6 is 0 Å². The zero-order chi connectivity index (χ0) is 22.3. The standard InChI is InChI=1S/C23H28N2O5S/c1-18-10-11-20(31(28,29)25-14-6-3-7-15-25)16-21(18)23(27)30-17-22(26)24-13-12-19-8-4-2-5-9-19/h2,4-5,8-11,16H,3,6-7,12-15,17H2,1H3,(H,24,26). The summed E-state index contributed by atoms with van der Waals surface area (Å²) in [5, 5.41) is 2.71. The lowest BCUT2D eigenvalue weighted by molar-refractivity contribution is -0.124. The second kappa shape index (κ2) is 10.5. The highest BCUT2D eigenvalue weighted by atomic mass is 32.2. The zero-order valence-corrected chi connectivity index (χ0v) is 18.5.